The third-order valence-corrected chi connectivity index (χ3v) is 3.24. The van der Waals surface area contributed by atoms with Gasteiger partial charge in [0.15, 0.2) is 0 Å². The van der Waals surface area contributed by atoms with Crippen LogP contribution in [0.15, 0.2) is 24.3 Å². The minimum Gasteiger partial charge on any atom is -0.383 e. The molecule has 1 aromatic carbocycles. The number of hydrogen-bond acceptors (Lipinski definition) is 2. The van der Waals surface area contributed by atoms with Crippen molar-refractivity contribution in [1.29, 1.82) is 0 Å². The number of hydrogen-bond donors (Lipinski definition) is 1. The predicted octanol–water partition coefficient (Wildman–Crippen LogP) is 3.52. The highest BCUT2D eigenvalue weighted by Crippen LogP contribution is 2.35. The molecule has 0 unspecified atom stereocenters. The van der Waals surface area contributed by atoms with Crippen molar-refractivity contribution in [1.82, 2.24) is 9.78 Å². The van der Waals surface area contributed by atoms with E-state index in [1.54, 1.807) is 4.68 Å². The van der Waals surface area contributed by atoms with Crippen molar-refractivity contribution in [2.45, 2.75) is 20.3 Å². The number of anilines is 1. The van der Waals surface area contributed by atoms with Crippen LogP contribution in [0, 0.1) is 5.92 Å². The molecular formula is C14H18ClN3. The number of benzene rings is 1. The zero-order chi connectivity index (χ0) is 13.3. The van der Waals surface area contributed by atoms with E-state index in [1.807, 2.05) is 31.3 Å². The van der Waals surface area contributed by atoms with Crippen LogP contribution in [0.2, 0.25) is 5.02 Å². The predicted molar refractivity (Wildman–Crippen MR) is 76.6 cm³/mol. The normalized spacial score (nSPS) is 11.2. The molecule has 2 N–H and O–H groups in total. The lowest BCUT2D eigenvalue weighted by Gasteiger charge is -2.07. The number of nitrogen functional groups attached to an aromatic ring is 1. The van der Waals surface area contributed by atoms with E-state index in [0.29, 0.717) is 16.8 Å². The SMILES string of the molecule is CC(C)Cc1nn(C)c(N)c1-c1ccccc1Cl. The third kappa shape index (κ3) is 2.36. The van der Waals surface area contributed by atoms with Crippen molar-refractivity contribution in [2.24, 2.45) is 13.0 Å². The van der Waals surface area contributed by atoms with Gasteiger partial charge in [0.05, 0.1) is 5.69 Å². The van der Waals surface area contributed by atoms with Gasteiger partial charge in [-0.25, -0.2) is 0 Å². The number of aromatic nitrogens is 2. The first-order valence-electron chi connectivity index (χ1n) is 6.07. The van der Waals surface area contributed by atoms with Crippen molar-refractivity contribution in [3.05, 3.63) is 35.0 Å². The number of aryl methyl sites for hydroxylation is 1. The minimum absolute atomic E-state index is 0.528. The summed E-state index contributed by atoms with van der Waals surface area (Å²) in [7, 11) is 1.86. The molecule has 2 rings (SSSR count). The fraction of sp³-hybridized carbons (Fsp3) is 0.357. The molecule has 0 radical (unpaired) electrons. The molecular weight excluding hydrogens is 246 g/mol. The van der Waals surface area contributed by atoms with Crippen LogP contribution in [0.5, 0.6) is 0 Å². The summed E-state index contributed by atoms with van der Waals surface area (Å²) in [5, 5.41) is 5.21. The van der Waals surface area contributed by atoms with Crippen molar-refractivity contribution >= 4 is 17.4 Å². The van der Waals surface area contributed by atoms with Crippen LogP contribution in [0.25, 0.3) is 11.1 Å². The number of rotatable bonds is 3. The van der Waals surface area contributed by atoms with Gasteiger partial charge in [0, 0.05) is 23.2 Å². The van der Waals surface area contributed by atoms with E-state index in [0.717, 1.165) is 23.2 Å². The second-order valence-electron chi connectivity index (χ2n) is 4.91. The lowest BCUT2D eigenvalue weighted by molar-refractivity contribution is 0.622. The van der Waals surface area contributed by atoms with Gasteiger partial charge in [-0.05, 0) is 18.4 Å². The monoisotopic (exact) mass is 263 g/mol. The van der Waals surface area contributed by atoms with Crippen LogP contribution < -0.4 is 5.73 Å². The number of nitrogens with zero attached hydrogens (tertiary/aromatic N) is 2. The molecule has 96 valence electrons. The summed E-state index contributed by atoms with van der Waals surface area (Å²) in [4.78, 5) is 0. The molecule has 0 saturated carbocycles. The maximum absolute atomic E-state index is 6.26. The fourth-order valence-electron chi connectivity index (χ4n) is 2.08. The summed E-state index contributed by atoms with van der Waals surface area (Å²) in [5.74, 6) is 1.19. The molecule has 0 atom stereocenters. The maximum atomic E-state index is 6.26. The average molecular weight is 264 g/mol. The Kier molecular flexibility index (Phi) is 3.62. The molecule has 1 aromatic heterocycles. The molecule has 0 aliphatic heterocycles. The van der Waals surface area contributed by atoms with Crippen LogP contribution in [0.1, 0.15) is 19.5 Å². The summed E-state index contributed by atoms with van der Waals surface area (Å²) in [6, 6.07) is 7.75. The van der Waals surface area contributed by atoms with Crippen LogP contribution in [0.4, 0.5) is 5.82 Å². The molecule has 0 bridgehead atoms. The summed E-state index contributed by atoms with van der Waals surface area (Å²) in [6.45, 7) is 4.34. The molecule has 4 heteroatoms. The van der Waals surface area contributed by atoms with Crippen LogP contribution >= 0.6 is 11.6 Å². The molecule has 0 fully saturated rings. The molecule has 18 heavy (non-hydrogen) atoms. The van der Waals surface area contributed by atoms with Gasteiger partial charge in [0.25, 0.3) is 0 Å². The second-order valence-corrected chi connectivity index (χ2v) is 5.32. The van der Waals surface area contributed by atoms with Gasteiger partial charge in [-0.3, -0.25) is 4.68 Å². The van der Waals surface area contributed by atoms with Gasteiger partial charge in [0.1, 0.15) is 5.82 Å². The number of nitrogens with two attached hydrogens (primary N) is 1. The van der Waals surface area contributed by atoms with Gasteiger partial charge in [-0.1, -0.05) is 43.6 Å². The highest BCUT2D eigenvalue weighted by atomic mass is 35.5. The van der Waals surface area contributed by atoms with E-state index >= 15 is 0 Å². The van der Waals surface area contributed by atoms with Gasteiger partial charge >= 0.3 is 0 Å². The van der Waals surface area contributed by atoms with Crippen molar-refractivity contribution in [3.8, 4) is 11.1 Å². The van der Waals surface area contributed by atoms with E-state index in [-0.39, 0.29) is 0 Å². The van der Waals surface area contributed by atoms with Gasteiger partial charge in [-0.15, -0.1) is 0 Å². The Morgan fingerprint density at radius 1 is 1.33 bits per heavy atom. The van der Waals surface area contributed by atoms with E-state index < -0.39 is 0 Å². The molecule has 2 aromatic rings. The Morgan fingerprint density at radius 2 is 2.00 bits per heavy atom. The van der Waals surface area contributed by atoms with Crippen molar-refractivity contribution in [2.75, 3.05) is 5.73 Å². The Hall–Kier alpha value is -1.48. The molecule has 0 spiro atoms. The molecule has 0 amide bonds. The topological polar surface area (TPSA) is 43.8 Å². The first kappa shape index (κ1) is 13.0. The Morgan fingerprint density at radius 3 is 2.61 bits per heavy atom. The Balaban J connectivity index is 2.59. The Labute approximate surface area is 113 Å². The largest absolute Gasteiger partial charge is 0.383 e. The summed E-state index contributed by atoms with van der Waals surface area (Å²) >= 11 is 6.26. The van der Waals surface area contributed by atoms with Crippen LogP contribution in [0.3, 0.4) is 0 Å². The third-order valence-electron chi connectivity index (χ3n) is 2.91. The zero-order valence-electron chi connectivity index (χ0n) is 10.9. The lowest BCUT2D eigenvalue weighted by atomic mass is 9.99. The van der Waals surface area contributed by atoms with E-state index in [2.05, 4.69) is 18.9 Å². The molecule has 3 nitrogen and oxygen atoms in total. The van der Waals surface area contributed by atoms with Gasteiger partial charge in [-0.2, -0.15) is 5.10 Å². The molecule has 0 aliphatic rings. The zero-order valence-corrected chi connectivity index (χ0v) is 11.7. The van der Waals surface area contributed by atoms with E-state index in [9.17, 15) is 0 Å². The lowest BCUT2D eigenvalue weighted by Crippen LogP contribution is -1.98. The molecule has 1 heterocycles. The van der Waals surface area contributed by atoms with Crippen LogP contribution in [-0.2, 0) is 13.5 Å². The first-order chi connectivity index (χ1) is 8.50. The van der Waals surface area contributed by atoms with Crippen LogP contribution in [-0.4, -0.2) is 9.78 Å². The Bertz CT molecular complexity index is 558. The maximum Gasteiger partial charge on any atom is 0.129 e. The summed E-state index contributed by atoms with van der Waals surface area (Å²) < 4.78 is 1.72. The van der Waals surface area contributed by atoms with Crippen molar-refractivity contribution < 1.29 is 0 Å². The second kappa shape index (κ2) is 5.02. The standard InChI is InChI=1S/C14H18ClN3/c1-9(2)8-12-13(14(16)18(3)17-12)10-6-4-5-7-11(10)15/h4-7,9H,8,16H2,1-3H3. The number of halogens is 1. The summed E-state index contributed by atoms with van der Waals surface area (Å²) in [6.07, 6.45) is 0.894. The smallest absolute Gasteiger partial charge is 0.129 e. The highest BCUT2D eigenvalue weighted by molar-refractivity contribution is 6.33. The van der Waals surface area contributed by atoms with Gasteiger partial charge < -0.3 is 5.73 Å². The first-order valence-corrected chi connectivity index (χ1v) is 6.44. The van der Waals surface area contributed by atoms with E-state index in [4.69, 9.17) is 17.3 Å². The fourth-order valence-corrected chi connectivity index (χ4v) is 2.31. The van der Waals surface area contributed by atoms with E-state index in [1.165, 1.54) is 0 Å². The minimum atomic E-state index is 0.528. The van der Waals surface area contributed by atoms with Crippen molar-refractivity contribution in [3.63, 3.8) is 0 Å². The highest BCUT2D eigenvalue weighted by Gasteiger charge is 2.18. The molecule has 0 aliphatic carbocycles. The molecule has 0 saturated heterocycles. The van der Waals surface area contributed by atoms with Gasteiger partial charge in [0.2, 0.25) is 0 Å². The summed E-state index contributed by atoms with van der Waals surface area (Å²) in [5.41, 5.74) is 9.06. The average Bonchev–Trinajstić information content (AvgIpc) is 2.55. The quantitative estimate of drug-likeness (QED) is 0.921.